The number of carbonyl (C=O) groups excluding carboxylic acids is 1. The summed E-state index contributed by atoms with van der Waals surface area (Å²) in [5.41, 5.74) is -0.411. The molecule has 0 saturated carbocycles. The summed E-state index contributed by atoms with van der Waals surface area (Å²) in [7, 11) is 0. The molecule has 0 aromatic carbocycles. The van der Waals surface area contributed by atoms with Crippen LogP contribution >= 0.6 is 0 Å². The summed E-state index contributed by atoms with van der Waals surface area (Å²) < 4.78 is 0. The second-order valence-electron chi connectivity index (χ2n) is 4.65. The Balaban J connectivity index is 2.69. The maximum absolute atomic E-state index is 11.7. The number of rotatable bonds is 3. The molecule has 1 fully saturated rings. The lowest BCUT2D eigenvalue weighted by atomic mass is 9.90. The number of nitrogens with one attached hydrogen (secondary N) is 2. The molecule has 0 aromatic rings. The maximum atomic E-state index is 11.7. The van der Waals surface area contributed by atoms with Gasteiger partial charge in [-0.1, -0.05) is 20.3 Å². The van der Waals surface area contributed by atoms with Gasteiger partial charge in [0.25, 0.3) is 0 Å². The van der Waals surface area contributed by atoms with Crippen LogP contribution in [-0.4, -0.2) is 23.5 Å². The minimum Gasteiger partial charge on any atom is -0.350 e. The average molecular weight is 198 g/mol. The zero-order valence-corrected chi connectivity index (χ0v) is 9.68. The van der Waals surface area contributed by atoms with Crippen molar-refractivity contribution in [1.82, 2.24) is 10.6 Å². The molecule has 0 radical (unpaired) electrons. The second kappa shape index (κ2) is 4.30. The summed E-state index contributed by atoms with van der Waals surface area (Å²) in [5.74, 6) is 0.122. The molecule has 1 aliphatic heterocycles. The molecule has 1 amide bonds. The van der Waals surface area contributed by atoms with Gasteiger partial charge in [-0.3, -0.25) is 10.1 Å². The van der Waals surface area contributed by atoms with Crippen LogP contribution < -0.4 is 10.6 Å². The van der Waals surface area contributed by atoms with Gasteiger partial charge < -0.3 is 5.32 Å². The third kappa shape index (κ3) is 2.27. The van der Waals surface area contributed by atoms with E-state index in [0.29, 0.717) is 12.1 Å². The van der Waals surface area contributed by atoms with Crippen molar-refractivity contribution in [2.45, 2.75) is 64.6 Å². The van der Waals surface area contributed by atoms with Crippen LogP contribution in [-0.2, 0) is 4.79 Å². The van der Waals surface area contributed by atoms with Crippen LogP contribution in [0.15, 0.2) is 0 Å². The normalized spacial score (nSPS) is 31.3. The molecule has 1 saturated heterocycles. The van der Waals surface area contributed by atoms with E-state index in [1.54, 1.807) is 0 Å². The van der Waals surface area contributed by atoms with Crippen molar-refractivity contribution in [2.75, 3.05) is 0 Å². The van der Waals surface area contributed by atoms with Crippen molar-refractivity contribution in [3.8, 4) is 0 Å². The first-order valence-electron chi connectivity index (χ1n) is 5.60. The van der Waals surface area contributed by atoms with Crippen molar-refractivity contribution in [3.63, 3.8) is 0 Å². The topological polar surface area (TPSA) is 41.1 Å². The second-order valence-corrected chi connectivity index (χ2v) is 4.65. The molecule has 0 bridgehead atoms. The highest BCUT2D eigenvalue weighted by atomic mass is 16.2. The standard InChI is InChI=1S/C11H22N2O/c1-5-7-9-8(6-2)12-10(14)11(3,4)13-9/h8-9,13H,5-7H2,1-4H3,(H,12,14)/t8-,9-/m0/s1. The number of hydrogen-bond acceptors (Lipinski definition) is 2. The lowest BCUT2D eigenvalue weighted by Gasteiger charge is -2.41. The van der Waals surface area contributed by atoms with E-state index in [0.717, 1.165) is 19.3 Å². The summed E-state index contributed by atoms with van der Waals surface area (Å²) in [4.78, 5) is 11.7. The summed E-state index contributed by atoms with van der Waals surface area (Å²) in [6, 6.07) is 0.730. The zero-order chi connectivity index (χ0) is 10.8. The van der Waals surface area contributed by atoms with E-state index in [2.05, 4.69) is 24.5 Å². The molecule has 14 heavy (non-hydrogen) atoms. The highest BCUT2D eigenvalue weighted by Gasteiger charge is 2.38. The minimum atomic E-state index is -0.411. The van der Waals surface area contributed by atoms with Gasteiger partial charge >= 0.3 is 0 Å². The third-order valence-corrected chi connectivity index (χ3v) is 2.96. The highest BCUT2D eigenvalue weighted by molar-refractivity contribution is 5.86. The van der Waals surface area contributed by atoms with Crippen LogP contribution in [0.5, 0.6) is 0 Å². The van der Waals surface area contributed by atoms with Crippen molar-refractivity contribution >= 4 is 5.91 Å². The van der Waals surface area contributed by atoms with E-state index < -0.39 is 5.54 Å². The van der Waals surface area contributed by atoms with E-state index in [-0.39, 0.29) is 5.91 Å². The molecule has 3 nitrogen and oxygen atoms in total. The maximum Gasteiger partial charge on any atom is 0.240 e. The number of hydrogen-bond donors (Lipinski definition) is 2. The highest BCUT2D eigenvalue weighted by Crippen LogP contribution is 2.17. The molecule has 0 spiro atoms. The Morgan fingerprint density at radius 2 is 1.93 bits per heavy atom. The van der Waals surface area contributed by atoms with Gasteiger partial charge in [-0.2, -0.15) is 0 Å². The van der Waals surface area contributed by atoms with E-state index in [9.17, 15) is 4.79 Å². The van der Waals surface area contributed by atoms with Crippen molar-refractivity contribution in [2.24, 2.45) is 0 Å². The van der Waals surface area contributed by atoms with E-state index in [1.165, 1.54) is 0 Å². The van der Waals surface area contributed by atoms with Gasteiger partial charge in [0.15, 0.2) is 0 Å². The number of carbonyl (C=O) groups is 1. The Bertz CT molecular complexity index is 213. The first-order valence-corrected chi connectivity index (χ1v) is 5.60. The summed E-state index contributed by atoms with van der Waals surface area (Å²) in [6.45, 7) is 8.18. The molecule has 82 valence electrons. The Kier molecular flexibility index (Phi) is 3.53. The van der Waals surface area contributed by atoms with Gasteiger partial charge in [0.2, 0.25) is 5.91 Å². The fraction of sp³-hybridized carbons (Fsp3) is 0.909. The fourth-order valence-corrected chi connectivity index (χ4v) is 2.05. The quantitative estimate of drug-likeness (QED) is 0.720. The molecule has 1 rings (SSSR count). The Morgan fingerprint density at radius 1 is 1.29 bits per heavy atom. The molecule has 2 atom stereocenters. The Labute approximate surface area is 86.6 Å². The third-order valence-electron chi connectivity index (χ3n) is 2.96. The molecule has 1 aliphatic rings. The zero-order valence-electron chi connectivity index (χ0n) is 9.68. The molecule has 0 unspecified atom stereocenters. The molecule has 3 heteroatoms. The van der Waals surface area contributed by atoms with Gasteiger partial charge in [0.05, 0.1) is 5.54 Å². The Morgan fingerprint density at radius 3 is 2.43 bits per heavy atom. The minimum absolute atomic E-state index is 0.122. The monoisotopic (exact) mass is 198 g/mol. The molecule has 0 aliphatic carbocycles. The van der Waals surface area contributed by atoms with Gasteiger partial charge in [0.1, 0.15) is 0 Å². The van der Waals surface area contributed by atoms with Crippen LogP contribution in [0, 0.1) is 0 Å². The van der Waals surface area contributed by atoms with Crippen LogP contribution in [0.4, 0.5) is 0 Å². The summed E-state index contributed by atoms with van der Waals surface area (Å²) >= 11 is 0. The molecule has 2 N–H and O–H groups in total. The van der Waals surface area contributed by atoms with Gasteiger partial charge in [-0.25, -0.2) is 0 Å². The molecule has 1 heterocycles. The fourth-order valence-electron chi connectivity index (χ4n) is 2.05. The Hall–Kier alpha value is -0.570. The van der Waals surface area contributed by atoms with Gasteiger partial charge in [-0.15, -0.1) is 0 Å². The van der Waals surface area contributed by atoms with E-state index in [4.69, 9.17) is 0 Å². The SMILES string of the molecule is CCC[C@@H]1NC(C)(C)C(=O)N[C@H]1CC. The molecular formula is C11H22N2O. The smallest absolute Gasteiger partial charge is 0.240 e. The van der Waals surface area contributed by atoms with Gasteiger partial charge in [0, 0.05) is 12.1 Å². The van der Waals surface area contributed by atoms with Crippen molar-refractivity contribution in [1.29, 1.82) is 0 Å². The average Bonchev–Trinajstić information content (AvgIpc) is 2.11. The van der Waals surface area contributed by atoms with Gasteiger partial charge in [-0.05, 0) is 26.7 Å². The van der Waals surface area contributed by atoms with E-state index >= 15 is 0 Å². The van der Waals surface area contributed by atoms with Crippen molar-refractivity contribution in [3.05, 3.63) is 0 Å². The molecule has 0 aromatic heterocycles. The largest absolute Gasteiger partial charge is 0.350 e. The number of amides is 1. The lowest BCUT2D eigenvalue weighted by molar-refractivity contribution is -0.130. The summed E-state index contributed by atoms with van der Waals surface area (Å²) in [6.07, 6.45) is 3.28. The van der Waals surface area contributed by atoms with Crippen molar-refractivity contribution < 1.29 is 4.79 Å². The predicted molar refractivity (Wildman–Crippen MR) is 58.1 cm³/mol. The lowest BCUT2D eigenvalue weighted by Crippen LogP contribution is -2.68. The van der Waals surface area contributed by atoms with Crippen LogP contribution in [0.2, 0.25) is 0 Å². The summed E-state index contributed by atoms with van der Waals surface area (Å²) in [5, 5.41) is 6.52. The van der Waals surface area contributed by atoms with Crippen LogP contribution in [0.25, 0.3) is 0 Å². The van der Waals surface area contributed by atoms with Crippen LogP contribution in [0.1, 0.15) is 47.0 Å². The number of piperazine rings is 1. The first-order chi connectivity index (χ1) is 6.51. The van der Waals surface area contributed by atoms with E-state index in [1.807, 2.05) is 13.8 Å². The molecular weight excluding hydrogens is 176 g/mol. The first kappa shape index (κ1) is 11.5. The van der Waals surface area contributed by atoms with Crippen LogP contribution in [0.3, 0.4) is 0 Å². The predicted octanol–water partition coefficient (Wildman–Crippen LogP) is 1.43.